The summed E-state index contributed by atoms with van der Waals surface area (Å²) in [6.07, 6.45) is 1.75. The quantitative estimate of drug-likeness (QED) is 0.443. The van der Waals surface area contributed by atoms with Crippen LogP contribution < -0.4 is 22.1 Å². The normalized spacial score (nSPS) is 15.1. The second-order valence-electron chi connectivity index (χ2n) is 5.52. The van der Waals surface area contributed by atoms with Gasteiger partial charge in [-0.2, -0.15) is 10.5 Å². The van der Waals surface area contributed by atoms with Gasteiger partial charge in [-0.3, -0.25) is 5.32 Å². The van der Waals surface area contributed by atoms with Crippen LogP contribution in [0.2, 0.25) is 5.02 Å². The van der Waals surface area contributed by atoms with Gasteiger partial charge < -0.3 is 16.8 Å². The number of nitrogens with one attached hydrogen (secondary N) is 2. The second kappa shape index (κ2) is 6.39. The van der Waals surface area contributed by atoms with Gasteiger partial charge in [0.05, 0.1) is 5.69 Å². The third-order valence-electron chi connectivity index (χ3n) is 3.93. The molecule has 2 heterocycles. The van der Waals surface area contributed by atoms with Gasteiger partial charge in [0.15, 0.2) is 6.19 Å². The molecule has 130 valence electrons. The topological polar surface area (TPSA) is 149 Å². The third kappa shape index (κ3) is 2.70. The van der Waals surface area contributed by atoms with Gasteiger partial charge in [0.25, 0.3) is 0 Å². The van der Waals surface area contributed by atoms with E-state index in [9.17, 15) is 9.65 Å². The minimum absolute atomic E-state index is 0.0115. The highest BCUT2D eigenvalue weighted by Gasteiger charge is 2.31. The first-order chi connectivity index (χ1) is 12.4. The Labute approximate surface area is 152 Å². The van der Waals surface area contributed by atoms with Crippen LogP contribution in [0.25, 0.3) is 0 Å². The van der Waals surface area contributed by atoms with Crippen molar-refractivity contribution in [3.8, 4) is 12.3 Å². The minimum atomic E-state index is -0.811. The van der Waals surface area contributed by atoms with Crippen molar-refractivity contribution >= 4 is 34.9 Å². The molecule has 1 aromatic heterocycles. The molecule has 0 amide bonds. The largest absolute Gasteiger partial charge is 0.397 e. The molecule has 1 unspecified atom stereocenters. The van der Waals surface area contributed by atoms with Gasteiger partial charge in [-0.15, -0.1) is 0 Å². The molecule has 10 heteroatoms. The van der Waals surface area contributed by atoms with Crippen molar-refractivity contribution in [1.82, 2.24) is 10.3 Å². The van der Waals surface area contributed by atoms with E-state index in [1.165, 1.54) is 12.1 Å². The number of aryl methyl sites for hydroxylation is 1. The first-order valence-corrected chi connectivity index (χ1v) is 7.69. The van der Waals surface area contributed by atoms with Gasteiger partial charge in [-0.25, -0.2) is 14.4 Å². The third-order valence-corrected chi connectivity index (χ3v) is 4.26. The highest BCUT2D eigenvalue weighted by molar-refractivity contribution is 6.31. The molecule has 6 N–H and O–H groups in total. The van der Waals surface area contributed by atoms with Crippen molar-refractivity contribution in [2.75, 3.05) is 16.8 Å². The van der Waals surface area contributed by atoms with Gasteiger partial charge in [0.1, 0.15) is 35.1 Å². The number of halogens is 2. The van der Waals surface area contributed by atoms with E-state index >= 15 is 0 Å². The number of nitriles is 2. The van der Waals surface area contributed by atoms with Crippen LogP contribution in [0.5, 0.6) is 0 Å². The summed E-state index contributed by atoms with van der Waals surface area (Å²) in [6, 6.07) is 3.80. The number of pyridine rings is 1. The Morgan fingerprint density at radius 3 is 2.73 bits per heavy atom. The van der Waals surface area contributed by atoms with E-state index < -0.39 is 11.9 Å². The SMILES string of the molecule is Cc1cc(C2N=C(NC#N)Nc3nc(N)c(C#N)c(N)c32)c(Cl)cc1F. The molecule has 0 fully saturated rings. The van der Waals surface area contributed by atoms with Crippen molar-refractivity contribution in [3.63, 3.8) is 0 Å². The van der Waals surface area contributed by atoms with Crippen LogP contribution in [0, 0.1) is 35.5 Å². The average Bonchev–Trinajstić information content (AvgIpc) is 2.58. The first kappa shape index (κ1) is 17.3. The number of rotatable bonds is 1. The molecule has 3 rings (SSSR count). The lowest BCUT2D eigenvalue weighted by atomic mass is 9.94. The molecule has 0 aliphatic carbocycles. The molecule has 2 aromatic rings. The number of anilines is 3. The summed E-state index contributed by atoms with van der Waals surface area (Å²) in [5.74, 6) is -0.197. The van der Waals surface area contributed by atoms with Crippen molar-refractivity contribution in [1.29, 1.82) is 10.5 Å². The molecule has 26 heavy (non-hydrogen) atoms. The van der Waals surface area contributed by atoms with Gasteiger partial charge in [-0.05, 0) is 24.6 Å². The van der Waals surface area contributed by atoms with E-state index in [0.717, 1.165) is 0 Å². The van der Waals surface area contributed by atoms with Crippen LogP contribution in [0.15, 0.2) is 17.1 Å². The molecular formula is C16H12ClFN8. The number of aliphatic imine (C=N–C) groups is 1. The number of hydrogen-bond acceptors (Lipinski definition) is 8. The van der Waals surface area contributed by atoms with Gasteiger partial charge >= 0.3 is 0 Å². The number of hydrogen-bond donors (Lipinski definition) is 4. The number of nitrogens with two attached hydrogens (primary N) is 2. The smallest absolute Gasteiger partial charge is 0.211 e. The summed E-state index contributed by atoms with van der Waals surface area (Å²) in [7, 11) is 0. The molecule has 1 atom stereocenters. The molecule has 0 saturated heterocycles. The summed E-state index contributed by atoms with van der Waals surface area (Å²) >= 11 is 6.22. The minimum Gasteiger partial charge on any atom is -0.397 e. The van der Waals surface area contributed by atoms with Crippen LogP contribution in [-0.4, -0.2) is 10.9 Å². The molecule has 0 bridgehead atoms. The fourth-order valence-corrected chi connectivity index (χ4v) is 2.95. The van der Waals surface area contributed by atoms with Gasteiger partial charge in [0, 0.05) is 16.1 Å². The average molecular weight is 371 g/mol. The zero-order valence-corrected chi connectivity index (χ0v) is 14.2. The van der Waals surface area contributed by atoms with E-state index in [0.29, 0.717) is 16.7 Å². The highest BCUT2D eigenvalue weighted by atomic mass is 35.5. The Hall–Kier alpha value is -3.56. The van der Waals surface area contributed by atoms with Crippen LogP contribution in [0.3, 0.4) is 0 Å². The molecular weight excluding hydrogens is 359 g/mol. The lowest BCUT2D eigenvalue weighted by Gasteiger charge is -2.27. The van der Waals surface area contributed by atoms with Crippen LogP contribution in [-0.2, 0) is 0 Å². The van der Waals surface area contributed by atoms with Crippen molar-refractivity contribution in [3.05, 3.63) is 45.2 Å². The lowest BCUT2D eigenvalue weighted by molar-refractivity contribution is 0.617. The van der Waals surface area contributed by atoms with Crippen molar-refractivity contribution in [2.24, 2.45) is 4.99 Å². The summed E-state index contributed by atoms with van der Waals surface area (Å²) in [5.41, 5.74) is 13.2. The predicted octanol–water partition coefficient (Wildman–Crippen LogP) is 2.16. The number of nitrogens with zero attached hydrogens (tertiary/aromatic N) is 4. The lowest BCUT2D eigenvalue weighted by Crippen LogP contribution is -2.32. The van der Waals surface area contributed by atoms with Gasteiger partial charge in [0.2, 0.25) is 5.96 Å². The fraction of sp³-hybridized carbons (Fsp3) is 0.125. The van der Waals surface area contributed by atoms with E-state index in [-0.39, 0.29) is 33.9 Å². The van der Waals surface area contributed by atoms with E-state index in [1.54, 1.807) is 13.1 Å². The highest BCUT2D eigenvalue weighted by Crippen LogP contribution is 2.42. The van der Waals surface area contributed by atoms with Crippen molar-refractivity contribution < 1.29 is 4.39 Å². The van der Waals surface area contributed by atoms with Crippen LogP contribution >= 0.6 is 11.6 Å². The zero-order valence-electron chi connectivity index (χ0n) is 13.4. The predicted molar refractivity (Wildman–Crippen MR) is 95.6 cm³/mol. The maximum Gasteiger partial charge on any atom is 0.211 e. The summed E-state index contributed by atoms with van der Waals surface area (Å²) < 4.78 is 13.8. The van der Waals surface area contributed by atoms with Crippen LogP contribution in [0.4, 0.5) is 21.7 Å². The number of aromatic nitrogens is 1. The number of benzene rings is 1. The van der Waals surface area contributed by atoms with Crippen molar-refractivity contribution in [2.45, 2.75) is 13.0 Å². The number of nitrogen functional groups attached to an aromatic ring is 2. The number of guanidine groups is 1. The molecule has 0 saturated carbocycles. The maximum atomic E-state index is 13.8. The zero-order chi connectivity index (χ0) is 19.0. The molecule has 0 spiro atoms. The Bertz CT molecular complexity index is 1030. The van der Waals surface area contributed by atoms with Gasteiger partial charge in [-0.1, -0.05) is 11.6 Å². The summed E-state index contributed by atoms with van der Waals surface area (Å²) in [6.45, 7) is 1.58. The van der Waals surface area contributed by atoms with E-state index in [1.807, 2.05) is 6.07 Å². The summed E-state index contributed by atoms with van der Waals surface area (Å²) in [5, 5.41) is 23.5. The Kier molecular flexibility index (Phi) is 4.24. The monoisotopic (exact) mass is 370 g/mol. The van der Waals surface area contributed by atoms with E-state index in [4.69, 9.17) is 28.3 Å². The fourth-order valence-electron chi connectivity index (χ4n) is 2.70. The van der Waals surface area contributed by atoms with E-state index in [2.05, 4.69) is 20.6 Å². The van der Waals surface area contributed by atoms with Crippen LogP contribution in [0.1, 0.15) is 28.3 Å². The molecule has 8 nitrogen and oxygen atoms in total. The number of fused-ring (bicyclic) bond motifs is 1. The molecule has 0 radical (unpaired) electrons. The Morgan fingerprint density at radius 2 is 2.08 bits per heavy atom. The molecule has 1 aromatic carbocycles. The first-order valence-electron chi connectivity index (χ1n) is 7.31. The molecule has 1 aliphatic heterocycles. The standard InChI is InChI=1S/C16H12ClFN8/c1-6-2-7(9(17)3-10(6)18)13-11-12(21)8(4-19)14(22)25-15(11)26-16(24-13)23-5-20/h2-3,13H,1H3,(H6,21,22,23,24,25,26). The Balaban J connectivity index is 2.30. The Morgan fingerprint density at radius 1 is 1.35 bits per heavy atom. The maximum absolute atomic E-state index is 13.8. The molecule has 1 aliphatic rings. The second-order valence-corrected chi connectivity index (χ2v) is 5.93. The summed E-state index contributed by atoms with van der Waals surface area (Å²) in [4.78, 5) is 8.52.